The fourth-order valence-corrected chi connectivity index (χ4v) is 3.30. The minimum Gasteiger partial charge on any atom is -0.493 e. The number of rotatable bonds is 7. The van der Waals surface area contributed by atoms with Crippen LogP contribution in [0.25, 0.3) is 22.4 Å². The van der Waals surface area contributed by atoms with Gasteiger partial charge in [-0.15, -0.1) is 0 Å². The summed E-state index contributed by atoms with van der Waals surface area (Å²) in [5.74, 6) is 2.16. The van der Waals surface area contributed by atoms with Gasteiger partial charge in [-0.05, 0) is 30.9 Å². The van der Waals surface area contributed by atoms with E-state index in [-0.39, 0.29) is 0 Å². The lowest BCUT2D eigenvalue weighted by atomic mass is 10.1. The van der Waals surface area contributed by atoms with Crippen LogP contribution >= 0.6 is 12.2 Å². The smallest absolute Gasteiger partial charge is 0.142 e. The quantitative estimate of drug-likeness (QED) is 0.590. The van der Waals surface area contributed by atoms with Crippen LogP contribution in [0.15, 0.2) is 24.3 Å². The predicted molar refractivity (Wildman–Crippen MR) is 108 cm³/mol. The van der Waals surface area contributed by atoms with Crippen LogP contribution in [0.5, 0.6) is 5.75 Å². The van der Waals surface area contributed by atoms with Crippen molar-refractivity contribution < 1.29 is 4.74 Å². The van der Waals surface area contributed by atoms with Gasteiger partial charge in [-0.2, -0.15) is 5.10 Å². The van der Waals surface area contributed by atoms with Gasteiger partial charge in [0.05, 0.1) is 17.9 Å². The summed E-state index contributed by atoms with van der Waals surface area (Å²) in [5, 5.41) is 4.60. The van der Waals surface area contributed by atoms with Gasteiger partial charge in [0.1, 0.15) is 27.2 Å². The average Bonchev–Trinajstić information content (AvgIpc) is 2.91. The number of hydrogen-bond donors (Lipinski definition) is 1. The molecular weight excluding hydrogens is 344 g/mol. The third kappa shape index (κ3) is 3.80. The van der Waals surface area contributed by atoms with E-state index in [0.717, 1.165) is 53.1 Å². The lowest BCUT2D eigenvalue weighted by molar-refractivity contribution is 0.290. The molecule has 3 aromatic rings. The molecule has 0 spiro atoms. The molecule has 0 amide bonds. The fraction of sp³-hybridized carbons (Fsp3) is 0.450. The van der Waals surface area contributed by atoms with Gasteiger partial charge in [0, 0.05) is 7.05 Å². The number of para-hydroxylation sites is 1. The molecule has 0 radical (unpaired) electrons. The molecule has 0 atom stereocenters. The number of benzene rings is 1. The molecule has 0 aliphatic heterocycles. The van der Waals surface area contributed by atoms with Crippen LogP contribution in [-0.2, 0) is 13.5 Å². The van der Waals surface area contributed by atoms with Crippen molar-refractivity contribution in [3.05, 3.63) is 34.6 Å². The Labute approximate surface area is 159 Å². The molecule has 1 aromatic carbocycles. The van der Waals surface area contributed by atoms with Gasteiger partial charge < -0.3 is 9.72 Å². The fourth-order valence-electron chi connectivity index (χ4n) is 2.97. The first kappa shape index (κ1) is 18.6. The monoisotopic (exact) mass is 370 g/mol. The molecular formula is C20H26N4OS. The van der Waals surface area contributed by atoms with E-state index in [0.29, 0.717) is 17.2 Å². The van der Waals surface area contributed by atoms with E-state index < -0.39 is 0 Å². The van der Waals surface area contributed by atoms with E-state index in [2.05, 4.69) is 30.9 Å². The third-order valence-corrected chi connectivity index (χ3v) is 4.64. The van der Waals surface area contributed by atoms with Crippen molar-refractivity contribution in [2.75, 3.05) is 6.61 Å². The molecule has 2 aromatic heterocycles. The Hall–Kier alpha value is -2.21. The van der Waals surface area contributed by atoms with Gasteiger partial charge in [-0.25, -0.2) is 4.98 Å². The molecule has 0 aliphatic rings. The summed E-state index contributed by atoms with van der Waals surface area (Å²) < 4.78 is 8.49. The molecule has 6 heteroatoms. The van der Waals surface area contributed by atoms with Crippen molar-refractivity contribution in [2.24, 2.45) is 13.0 Å². The van der Waals surface area contributed by atoms with Crippen molar-refractivity contribution in [3.8, 4) is 17.1 Å². The van der Waals surface area contributed by atoms with Crippen molar-refractivity contribution in [1.82, 2.24) is 19.7 Å². The molecule has 0 bridgehead atoms. The van der Waals surface area contributed by atoms with Gasteiger partial charge in [0.2, 0.25) is 0 Å². The molecule has 26 heavy (non-hydrogen) atoms. The molecule has 3 rings (SSSR count). The van der Waals surface area contributed by atoms with Crippen molar-refractivity contribution in [3.63, 3.8) is 0 Å². The van der Waals surface area contributed by atoms with E-state index in [1.165, 1.54) is 0 Å². The largest absolute Gasteiger partial charge is 0.493 e. The summed E-state index contributed by atoms with van der Waals surface area (Å²) in [6, 6.07) is 7.96. The van der Waals surface area contributed by atoms with Crippen LogP contribution in [-0.4, -0.2) is 26.4 Å². The topological polar surface area (TPSA) is 55.7 Å². The molecule has 0 unspecified atom stereocenters. The van der Waals surface area contributed by atoms with Gasteiger partial charge in [0.15, 0.2) is 0 Å². The van der Waals surface area contributed by atoms with Crippen LogP contribution in [0, 0.1) is 10.6 Å². The Kier molecular flexibility index (Phi) is 5.71. The third-order valence-electron chi connectivity index (χ3n) is 4.34. The van der Waals surface area contributed by atoms with Gasteiger partial charge in [0.25, 0.3) is 0 Å². The summed E-state index contributed by atoms with van der Waals surface area (Å²) in [5.41, 5.74) is 3.68. The summed E-state index contributed by atoms with van der Waals surface area (Å²) in [6.45, 7) is 7.22. The zero-order valence-corrected chi connectivity index (χ0v) is 16.7. The number of aromatic amines is 1. The number of aryl methyl sites for hydroxylation is 2. The molecule has 5 nitrogen and oxygen atoms in total. The highest BCUT2D eigenvalue weighted by molar-refractivity contribution is 7.71. The molecule has 0 fully saturated rings. The zero-order chi connectivity index (χ0) is 18.7. The van der Waals surface area contributed by atoms with E-state index in [1.54, 1.807) is 0 Å². The second-order valence-corrected chi connectivity index (χ2v) is 7.37. The minimum absolute atomic E-state index is 0.606. The molecule has 2 heterocycles. The maximum atomic E-state index is 6.02. The van der Waals surface area contributed by atoms with E-state index in [9.17, 15) is 0 Å². The van der Waals surface area contributed by atoms with E-state index >= 15 is 0 Å². The van der Waals surface area contributed by atoms with Crippen LogP contribution in [0.4, 0.5) is 0 Å². The molecule has 0 aliphatic carbocycles. The Morgan fingerprint density at radius 1 is 1.27 bits per heavy atom. The zero-order valence-electron chi connectivity index (χ0n) is 15.9. The highest BCUT2D eigenvalue weighted by Gasteiger charge is 2.15. The minimum atomic E-state index is 0.606. The Morgan fingerprint density at radius 2 is 2.04 bits per heavy atom. The lowest BCUT2D eigenvalue weighted by Gasteiger charge is -2.12. The van der Waals surface area contributed by atoms with Crippen molar-refractivity contribution in [2.45, 2.75) is 40.0 Å². The van der Waals surface area contributed by atoms with Crippen LogP contribution in [0.2, 0.25) is 0 Å². The Morgan fingerprint density at radius 3 is 2.77 bits per heavy atom. The number of nitrogens with one attached hydrogen (secondary N) is 1. The average molecular weight is 371 g/mol. The molecule has 138 valence electrons. The van der Waals surface area contributed by atoms with Crippen LogP contribution in [0.3, 0.4) is 0 Å². The van der Waals surface area contributed by atoms with Crippen LogP contribution < -0.4 is 4.74 Å². The highest BCUT2D eigenvalue weighted by Crippen LogP contribution is 2.29. The van der Waals surface area contributed by atoms with Gasteiger partial charge in [-0.3, -0.25) is 4.68 Å². The molecule has 0 saturated heterocycles. The van der Waals surface area contributed by atoms with E-state index in [1.807, 2.05) is 36.0 Å². The molecule has 0 saturated carbocycles. The number of H-pyrrole nitrogens is 1. The van der Waals surface area contributed by atoms with Gasteiger partial charge >= 0.3 is 0 Å². The Balaban J connectivity index is 2.06. The first-order valence-corrected chi connectivity index (χ1v) is 9.60. The number of ether oxygens (including phenoxy) is 1. The second kappa shape index (κ2) is 7.99. The first-order chi connectivity index (χ1) is 12.5. The van der Waals surface area contributed by atoms with Gasteiger partial charge in [-0.1, -0.05) is 51.5 Å². The first-order valence-electron chi connectivity index (χ1n) is 9.19. The maximum Gasteiger partial charge on any atom is 0.142 e. The SMILES string of the molecule is CCCc1nn(C)c2c(=S)[nH]c(-c3ccccc3OCCC(C)C)nc12. The summed E-state index contributed by atoms with van der Waals surface area (Å²) >= 11 is 5.59. The summed E-state index contributed by atoms with van der Waals surface area (Å²) in [6.07, 6.45) is 2.92. The molecule has 1 N–H and O–H groups in total. The maximum absolute atomic E-state index is 6.02. The number of aromatic nitrogens is 4. The number of fused-ring (bicyclic) bond motifs is 1. The summed E-state index contributed by atoms with van der Waals surface area (Å²) in [4.78, 5) is 8.13. The highest BCUT2D eigenvalue weighted by atomic mass is 32.1. The van der Waals surface area contributed by atoms with Crippen molar-refractivity contribution in [1.29, 1.82) is 0 Å². The van der Waals surface area contributed by atoms with E-state index in [4.69, 9.17) is 21.9 Å². The number of nitrogens with zero attached hydrogens (tertiary/aromatic N) is 3. The van der Waals surface area contributed by atoms with Crippen LogP contribution in [0.1, 0.15) is 39.3 Å². The number of hydrogen-bond acceptors (Lipinski definition) is 4. The van der Waals surface area contributed by atoms with Crippen molar-refractivity contribution >= 4 is 23.3 Å². The Bertz CT molecular complexity index is 958. The second-order valence-electron chi connectivity index (χ2n) is 6.96. The normalized spacial score (nSPS) is 11.4. The predicted octanol–water partition coefficient (Wildman–Crippen LogP) is 5.07. The lowest BCUT2D eigenvalue weighted by Crippen LogP contribution is -2.03. The standard InChI is InChI=1S/C20H26N4OS/c1-5-8-15-17-18(24(4)23-15)20(26)22-19(21-17)14-9-6-7-10-16(14)25-12-11-13(2)3/h6-7,9-10,13H,5,8,11-12H2,1-4H3,(H,21,22,26). The summed E-state index contributed by atoms with van der Waals surface area (Å²) in [7, 11) is 1.91.